The molecule has 40 heavy (non-hydrogen) atoms. The Balaban J connectivity index is 1.13. The molecule has 0 fully saturated rings. The molecule has 0 atom stereocenters. The zero-order valence-electron chi connectivity index (χ0n) is 24.2. The second kappa shape index (κ2) is 18.1. The number of benzene rings is 3. The van der Waals surface area contributed by atoms with Crippen LogP contribution in [0.2, 0.25) is 0 Å². The van der Waals surface area contributed by atoms with Crippen molar-refractivity contribution in [1.82, 2.24) is 0 Å². The highest BCUT2D eigenvalue weighted by molar-refractivity contribution is 6.06. The number of aryl methyl sites for hydroxylation is 1. The van der Waals surface area contributed by atoms with Crippen LogP contribution >= 0.6 is 0 Å². The lowest BCUT2D eigenvalue weighted by molar-refractivity contribution is 0.104. The van der Waals surface area contributed by atoms with Crippen LogP contribution in [0.1, 0.15) is 104 Å². The average Bonchev–Trinajstić information content (AvgIpc) is 2.97. The van der Waals surface area contributed by atoms with Crippen LogP contribution in [0.3, 0.4) is 0 Å². The molecule has 212 valence electrons. The van der Waals surface area contributed by atoms with Gasteiger partial charge in [-0.3, -0.25) is 4.79 Å². The molecule has 3 aromatic rings. The first kappa shape index (κ1) is 31.2. The van der Waals surface area contributed by atoms with Crippen molar-refractivity contribution < 1.29 is 13.9 Å². The molecule has 0 aliphatic heterocycles. The highest BCUT2D eigenvalue weighted by Gasteiger charge is 2.02. The van der Waals surface area contributed by atoms with E-state index in [4.69, 9.17) is 4.74 Å². The van der Waals surface area contributed by atoms with E-state index in [1.54, 1.807) is 6.08 Å². The van der Waals surface area contributed by atoms with Crippen molar-refractivity contribution in [1.29, 1.82) is 0 Å². The van der Waals surface area contributed by atoms with E-state index in [2.05, 4.69) is 55.1 Å². The molecule has 0 bridgehead atoms. The zero-order chi connectivity index (χ0) is 28.4. The lowest BCUT2D eigenvalue weighted by atomic mass is 10.0. The van der Waals surface area contributed by atoms with Crippen molar-refractivity contribution in [2.45, 2.75) is 84.2 Å². The molecular weight excluding hydrogens is 495 g/mol. The van der Waals surface area contributed by atoms with Gasteiger partial charge in [0.15, 0.2) is 5.78 Å². The quantitative estimate of drug-likeness (QED) is 0.0859. The summed E-state index contributed by atoms with van der Waals surface area (Å²) in [5, 5.41) is 0. The van der Waals surface area contributed by atoms with Crippen molar-refractivity contribution in [3.8, 4) is 0 Å². The fraction of sp³-hybridized carbons (Fsp3) is 0.378. The first-order valence-electron chi connectivity index (χ1n) is 14.9. The SMILES string of the molecule is C=C(C)c1ccc(COCCCCCCCCCCCCc2ccc(/C=C/C(=O)c3ccc(F)cc3)cc2)cc1. The van der Waals surface area contributed by atoms with Crippen LogP contribution in [0.15, 0.2) is 85.5 Å². The van der Waals surface area contributed by atoms with Crippen LogP contribution < -0.4 is 0 Å². The van der Waals surface area contributed by atoms with E-state index in [0.29, 0.717) is 12.2 Å². The van der Waals surface area contributed by atoms with Gasteiger partial charge in [-0.25, -0.2) is 4.39 Å². The molecule has 0 aliphatic rings. The minimum atomic E-state index is -0.336. The molecule has 0 saturated heterocycles. The summed E-state index contributed by atoms with van der Waals surface area (Å²) < 4.78 is 18.8. The molecule has 2 nitrogen and oxygen atoms in total. The number of rotatable bonds is 19. The Bertz CT molecular complexity index is 1170. The highest BCUT2D eigenvalue weighted by atomic mass is 19.1. The lowest BCUT2D eigenvalue weighted by Crippen LogP contribution is -1.96. The van der Waals surface area contributed by atoms with Gasteiger partial charge in [0.25, 0.3) is 0 Å². The second-order valence-corrected chi connectivity index (χ2v) is 10.8. The van der Waals surface area contributed by atoms with Gasteiger partial charge >= 0.3 is 0 Å². The summed E-state index contributed by atoms with van der Waals surface area (Å²) >= 11 is 0. The maximum Gasteiger partial charge on any atom is 0.185 e. The number of allylic oxidation sites excluding steroid dienone is 2. The maximum absolute atomic E-state index is 13.0. The van der Waals surface area contributed by atoms with Crippen molar-refractivity contribution in [2.75, 3.05) is 6.61 Å². The lowest BCUT2D eigenvalue weighted by Gasteiger charge is -2.06. The van der Waals surface area contributed by atoms with Crippen molar-refractivity contribution in [2.24, 2.45) is 0 Å². The Morgan fingerprint density at radius 2 is 1.23 bits per heavy atom. The van der Waals surface area contributed by atoms with Gasteiger partial charge in [-0.05, 0) is 78.8 Å². The number of ether oxygens (including phenoxy) is 1. The van der Waals surface area contributed by atoms with Crippen molar-refractivity contribution in [3.63, 3.8) is 0 Å². The Labute approximate surface area is 241 Å². The summed E-state index contributed by atoms with van der Waals surface area (Å²) in [5.41, 5.74) is 6.34. The number of carbonyl (C=O) groups excluding carboxylic acids is 1. The highest BCUT2D eigenvalue weighted by Crippen LogP contribution is 2.15. The molecule has 0 saturated carbocycles. The number of ketones is 1. The largest absolute Gasteiger partial charge is 0.377 e. The molecule has 0 radical (unpaired) electrons. The normalized spacial score (nSPS) is 11.2. The van der Waals surface area contributed by atoms with Crippen LogP contribution in [-0.4, -0.2) is 12.4 Å². The van der Waals surface area contributed by atoms with Gasteiger partial charge in [0.1, 0.15) is 5.82 Å². The summed E-state index contributed by atoms with van der Waals surface area (Å²) in [5.74, 6) is -0.455. The molecule has 0 aromatic heterocycles. The van der Waals surface area contributed by atoms with Crippen LogP contribution in [0, 0.1) is 5.82 Å². The fourth-order valence-electron chi connectivity index (χ4n) is 4.70. The Hall–Kier alpha value is -3.30. The summed E-state index contributed by atoms with van der Waals surface area (Å²) in [7, 11) is 0. The third kappa shape index (κ3) is 12.3. The van der Waals surface area contributed by atoms with Crippen LogP contribution in [0.5, 0.6) is 0 Å². The number of hydrogen-bond donors (Lipinski definition) is 0. The predicted molar refractivity (Wildman–Crippen MR) is 167 cm³/mol. The second-order valence-electron chi connectivity index (χ2n) is 10.8. The minimum absolute atomic E-state index is 0.119. The molecule has 0 aliphatic carbocycles. The molecule has 0 amide bonds. The standard InChI is InChI=1S/C37H45FO2/c1-30(2)34-21-18-33(19-22-34)29-40-28-12-10-8-6-4-3-5-7-9-11-13-31-14-16-32(17-15-31)20-27-37(39)35-23-25-36(38)26-24-35/h14-27H,1,3-13,28-29H2,2H3/b27-20+. The van der Waals surface area contributed by atoms with Gasteiger partial charge < -0.3 is 4.74 Å². The maximum atomic E-state index is 13.0. The van der Waals surface area contributed by atoms with E-state index < -0.39 is 0 Å². The van der Waals surface area contributed by atoms with Crippen LogP contribution in [-0.2, 0) is 17.8 Å². The first-order valence-corrected chi connectivity index (χ1v) is 14.9. The summed E-state index contributed by atoms with van der Waals surface area (Å²) in [6, 6.07) is 22.5. The van der Waals surface area contributed by atoms with Crippen molar-refractivity contribution in [3.05, 3.63) is 119 Å². The minimum Gasteiger partial charge on any atom is -0.377 e. The van der Waals surface area contributed by atoms with E-state index in [-0.39, 0.29) is 11.6 Å². The van der Waals surface area contributed by atoms with E-state index >= 15 is 0 Å². The number of halogens is 1. The first-order chi connectivity index (χ1) is 19.5. The smallest absolute Gasteiger partial charge is 0.185 e. The van der Waals surface area contributed by atoms with Gasteiger partial charge in [0.2, 0.25) is 0 Å². The van der Waals surface area contributed by atoms with Gasteiger partial charge in [-0.2, -0.15) is 0 Å². The summed E-state index contributed by atoms with van der Waals surface area (Å²) in [6.07, 6.45) is 17.3. The molecule has 3 aromatic carbocycles. The molecular formula is C37H45FO2. The predicted octanol–water partition coefficient (Wildman–Crippen LogP) is 10.4. The number of carbonyl (C=O) groups is 1. The van der Waals surface area contributed by atoms with Gasteiger partial charge in [0, 0.05) is 12.2 Å². The topological polar surface area (TPSA) is 26.3 Å². The van der Waals surface area contributed by atoms with E-state index in [1.165, 1.54) is 98.7 Å². The molecule has 0 N–H and O–H groups in total. The summed E-state index contributed by atoms with van der Waals surface area (Å²) in [4.78, 5) is 12.2. The van der Waals surface area contributed by atoms with E-state index in [0.717, 1.165) is 30.6 Å². The monoisotopic (exact) mass is 540 g/mol. The van der Waals surface area contributed by atoms with Crippen LogP contribution in [0.4, 0.5) is 4.39 Å². The van der Waals surface area contributed by atoms with Crippen molar-refractivity contribution >= 4 is 17.4 Å². The third-order valence-electron chi connectivity index (χ3n) is 7.26. The molecule has 0 unspecified atom stereocenters. The Morgan fingerprint density at radius 1 is 0.700 bits per heavy atom. The van der Waals surface area contributed by atoms with Gasteiger partial charge in [-0.15, -0.1) is 0 Å². The number of unbranched alkanes of at least 4 members (excludes halogenated alkanes) is 9. The van der Waals surface area contributed by atoms with E-state index in [1.807, 2.05) is 13.0 Å². The Kier molecular flexibility index (Phi) is 14.2. The number of hydrogen-bond acceptors (Lipinski definition) is 2. The fourth-order valence-corrected chi connectivity index (χ4v) is 4.70. The third-order valence-corrected chi connectivity index (χ3v) is 7.26. The average molecular weight is 541 g/mol. The molecule has 0 heterocycles. The van der Waals surface area contributed by atoms with Gasteiger partial charge in [-0.1, -0.05) is 118 Å². The van der Waals surface area contributed by atoms with Crippen LogP contribution in [0.25, 0.3) is 11.6 Å². The Morgan fingerprint density at radius 3 is 1.82 bits per heavy atom. The van der Waals surface area contributed by atoms with E-state index in [9.17, 15) is 9.18 Å². The molecule has 3 rings (SSSR count). The molecule has 0 spiro atoms. The zero-order valence-corrected chi connectivity index (χ0v) is 24.2. The van der Waals surface area contributed by atoms with Gasteiger partial charge in [0.05, 0.1) is 6.61 Å². The summed E-state index contributed by atoms with van der Waals surface area (Å²) in [6.45, 7) is 7.55. The molecule has 3 heteroatoms.